The summed E-state index contributed by atoms with van der Waals surface area (Å²) in [5.41, 5.74) is 5.07. The van der Waals surface area contributed by atoms with Crippen molar-refractivity contribution in [2.75, 3.05) is 20.6 Å². The van der Waals surface area contributed by atoms with E-state index in [1.54, 1.807) is 11.3 Å². The average Bonchev–Trinajstić information content (AvgIpc) is 2.86. The van der Waals surface area contributed by atoms with Crippen LogP contribution >= 0.6 is 22.9 Å². The molecule has 1 aliphatic rings. The van der Waals surface area contributed by atoms with Crippen LogP contribution in [0.3, 0.4) is 0 Å². The number of halogens is 1. The van der Waals surface area contributed by atoms with Crippen LogP contribution < -0.4 is 0 Å². The summed E-state index contributed by atoms with van der Waals surface area (Å²) >= 11 is 8.05. The number of hydrogen-bond donors (Lipinski definition) is 0. The topological polar surface area (TPSA) is 3.24 Å². The van der Waals surface area contributed by atoms with Gasteiger partial charge in [0.25, 0.3) is 0 Å². The Morgan fingerprint density at radius 3 is 2.77 bits per heavy atom. The summed E-state index contributed by atoms with van der Waals surface area (Å²) in [7, 11) is 4.23. The number of rotatable bonds is 3. The van der Waals surface area contributed by atoms with Gasteiger partial charge in [0, 0.05) is 16.4 Å². The summed E-state index contributed by atoms with van der Waals surface area (Å²) in [6.45, 7) is 3.30. The van der Waals surface area contributed by atoms with Crippen molar-refractivity contribution in [2.24, 2.45) is 5.92 Å². The van der Waals surface area contributed by atoms with Gasteiger partial charge in [0.05, 0.1) is 0 Å². The minimum atomic E-state index is 0.475. The molecule has 1 unspecified atom stereocenters. The highest BCUT2D eigenvalue weighted by Gasteiger charge is 2.17. The molecule has 0 N–H and O–H groups in total. The van der Waals surface area contributed by atoms with E-state index in [0.717, 1.165) is 11.6 Å². The summed E-state index contributed by atoms with van der Waals surface area (Å²) < 4.78 is 0. The second kappa shape index (κ2) is 6.41. The first kappa shape index (κ1) is 15.5. The number of fused-ring (bicyclic) bond motifs is 2. The lowest BCUT2D eigenvalue weighted by atomic mass is 9.93. The first-order chi connectivity index (χ1) is 10.5. The van der Waals surface area contributed by atoms with Gasteiger partial charge in [-0.3, -0.25) is 0 Å². The maximum Gasteiger partial charge on any atom is 0.0412 e. The SMILES string of the molecule is CC(C=C1c2cc(Cl)ccc2C=Cc2sccc21)CN(C)C. The molecule has 0 aliphatic heterocycles. The fourth-order valence-electron chi connectivity index (χ4n) is 2.98. The normalized spacial score (nSPS) is 16.5. The molecular weight excluding hydrogens is 310 g/mol. The van der Waals surface area contributed by atoms with Gasteiger partial charge < -0.3 is 4.90 Å². The summed E-state index contributed by atoms with van der Waals surface area (Å²) in [6, 6.07) is 8.37. The molecule has 1 atom stereocenters. The van der Waals surface area contributed by atoms with E-state index in [2.05, 4.69) is 67.7 Å². The molecule has 0 fully saturated rings. The maximum absolute atomic E-state index is 6.26. The van der Waals surface area contributed by atoms with Crippen LogP contribution in [0, 0.1) is 5.92 Å². The highest BCUT2D eigenvalue weighted by atomic mass is 35.5. The highest BCUT2D eigenvalue weighted by molar-refractivity contribution is 7.11. The first-order valence-corrected chi connectivity index (χ1v) is 8.73. The molecule has 1 aliphatic carbocycles. The fourth-order valence-corrected chi connectivity index (χ4v) is 3.96. The number of benzene rings is 1. The Balaban J connectivity index is 2.14. The molecule has 0 spiro atoms. The van der Waals surface area contributed by atoms with Gasteiger partial charge in [-0.15, -0.1) is 11.3 Å². The molecule has 0 saturated heterocycles. The van der Waals surface area contributed by atoms with Gasteiger partial charge >= 0.3 is 0 Å². The zero-order chi connectivity index (χ0) is 15.7. The van der Waals surface area contributed by atoms with Crippen LogP contribution in [0.15, 0.2) is 35.7 Å². The van der Waals surface area contributed by atoms with Crippen LogP contribution in [-0.4, -0.2) is 25.5 Å². The predicted molar refractivity (Wildman–Crippen MR) is 99.5 cm³/mol. The van der Waals surface area contributed by atoms with Crippen LogP contribution in [0.25, 0.3) is 17.7 Å². The van der Waals surface area contributed by atoms with Crippen molar-refractivity contribution < 1.29 is 0 Å². The molecule has 0 radical (unpaired) electrons. The van der Waals surface area contributed by atoms with Gasteiger partial charge in [0.15, 0.2) is 0 Å². The maximum atomic E-state index is 6.26. The fraction of sp³-hybridized carbons (Fsp3) is 0.263. The third-order valence-corrected chi connectivity index (χ3v) is 4.93. The zero-order valence-corrected chi connectivity index (χ0v) is 14.7. The van der Waals surface area contributed by atoms with E-state index in [9.17, 15) is 0 Å². The molecule has 114 valence electrons. The lowest BCUT2D eigenvalue weighted by Crippen LogP contribution is -2.18. The van der Waals surface area contributed by atoms with Gasteiger partial charge in [-0.2, -0.15) is 0 Å². The molecule has 1 heterocycles. The number of thiophene rings is 1. The van der Waals surface area contributed by atoms with Crippen LogP contribution in [-0.2, 0) is 0 Å². The van der Waals surface area contributed by atoms with E-state index in [1.807, 2.05) is 6.07 Å². The van der Waals surface area contributed by atoms with Crippen molar-refractivity contribution in [1.29, 1.82) is 0 Å². The van der Waals surface area contributed by atoms with Gasteiger partial charge in [0.2, 0.25) is 0 Å². The van der Waals surface area contributed by atoms with E-state index in [4.69, 9.17) is 11.6 Å². The van der Waals surface area contributed by atoms with E-state index in [1.165, 1.54) is 27.1 Å². The smallest absolute Gasteiger partial charge is 0.0412 e. The van der Waals surface area contributed by atoms with Crippen molar-refractivity contribution in [3.63, 3.8) is 0 Å². The summed E-state index contributed by atoms with van der Waals surface area (Å²) in [6.07, 6.45) is 6.79. The van der Waals surface area contributed by atoms with Crippen molar-refractivity contribution >= 4 is 40.7 Å². The van der Waals surface area contributed by atoms with E-state index >= 15 is 0 Å². The Kier molecular flexibility index (Phi) is 4.53. The Morgan fingerprint density at radius 2 is 2.00 bits per heavy atom. The van der Waals surface area contributed by atoms with Gasteiger partial charge in [0.1, 0.15) is 0 Å². The quantitative estimate of drug-likeness (QED) is 0.612. The van der Waals surface area contributed by atoms with Gasteiger partial charge in [-0.25, -0.2) is 0 Å². The minimum absolute atomic E-state index is 0.475. The molecule has 1 aromatic carbocycles. The van der Waals surface area contributed by atoms with E-state index in [0.29, 0.717) is 5.92 Å². The van der Waals surface area contributed by atoms with Crippen molar-refractivity contribution in [3.8, 4) is 0 Å². The van der Waals surface area contributed by atoms with Crippen LogP contribution in [0.5, 0.6) is 0 Å². The van der Waals surface area contributed by atoms with E-state index in [-0.39, 0.29) is 0 Å². The largest absolute Gasteiger partial charge is 0.309 e. The van der Waals surface area contributed by atoms with Gasteiger partial charge in [-0.1, -0.05) is 36.7 Å². The molecular formula is C19H20ClNS. The Labute approximate surface area is 141 Å². The molecule has 3 heteroatoms. The molecule has 0 amide bonds. The number of hydrogen-bond acceptors (Lipinski definition) is 2. The monoisotopic (exact) mass is 329 g/mol. The lowest BCUT2D eigenvalue weighted by Gasteiger charge is -2.17. The third-order valence-electron chi connectivity index (χ3n) is 3.81. The Morgan fingerprint density at radius 1 is 1.18 bits per heavy atom. The molecule has 0 saturated carbocycles. The van der Waals surface area contributed by atoms with Crippen molar-refractivity contribution in [1.82, 2.24) is 4.90 Å². The zero-order valence-electron chi connectivity index (χ0n) is 13.1. The van der Waals surface area contributed by atoms with Crippen LogP contribution in [0.2, 0.25) is 5.02 Å². The predicted octanol–water partition coefficient (Wildman–Crippen LogP) is 5.51. The molecule has 0 bridgehead atoms. The molecule has 1 nitrogen and oxygen atoms in total. The second-order valence-electron chi connectivity index (χ2n) is 6.08. The minimum Gasteiger partial charge on any atom is -0.309 e. The standard InChI is InChI=1S/C19H20ClNS/c1-13(12-21(2)3)10-18-16-8-9-22-19(16)7-5-14-4-6-15(20)11-17(14)18/h4-11,13H,12H2,1-3H3. The summed E-state index contributed by atoms with van der Waals surface area (Å²) in [4.78, 5) is 3.54. The van der Waals surface area contributed by atoms with Crippen LogP contribution in [0.4, 0.5) is 0 Å². The molecule has 3 rings (SSSR count). The summed E-state index contributed by atoms with van der Waals surface area (Å²) in [5.74, 6) is 0.475. The lowest BCUT2D eigenvalue weighted by molar-refractivity contribution is 0.371. The van der Waals surface area contributed by atoms with Crippen molar-refractivity contribution in [3.05, 3.63) is 62.3 Å². The second-order valence-corrected chi connectivity index (χ2v) is 7.47. The number of nitrogens with zero attached hydrogens (tertiary/aromatic N) is 1. The third kappa shape index (κ3) is 3.19. The molecule has 22 heavy (non-hydrogen) atoms. The highest BCUT2D eigenvalue weighted by Crippen LogP contribution is 2.38. The molecule has 2 aromatic rings. The summed E-state index contributed by atoms with van der Waals surface area (Å²) in [5, 5.41) is 2.95. The van der Waals surface area contributed by atoms with E-state index < -0.39 is 0 Å². The van der Waals surface area contributed by atoms with Crippen molar-refractivity contribution in [2.45, 2.75) is 6.92 Å². The first-order valence-electron chi connectivity index (χ1n) is 7.47. The molecule has 1 aromatic heterocycles. The van der Waals surface area contributed by atoms with Crippen LogP contribution in [0.1, 0.15) is 28.5 Å². The van der Waals surface area contributed by atoms with Gasteiger partial charge in [-0.05, 0) is 71.9 Å². The Bertz CT molecular complexity index is 740. The Hall–Kier alpha value is -1.35. The average molecular weight is 330 g/mol.